The van der Waals surface area contributed by atoms with Gasteiger partial charge in [0.25, 0.3) is 0 Å². The third-order valence-corrected chi connectivity index (χ3v) is 6.26. The van der Waals surface area contributed by atoms with E-state index in [0.29, 0.717) is 0 Å². The quantitative estimate of drug-likeness (QED) is 0.759. The van der Waals surface area contributed by atoms with E-state index in [2.05, 4.69) is 17.5 Å². The van der Waals surface area contributed by atoms with Crippen LogP contribution in [0.5, 0.6) is 0 Å². The van der Waals surface area contributed by atoms with Crippen LogP contribution in [-0.4, -0.2) is 54.8 Å². The lowest BCUT2D eigenvalue weighted by atomic mass is 10.4. The minimum atomic E-state index is -2.92. The summed E-state index contributed by atoms with van der Waals surface area (Å²) in [6.07, 6.45) is 0.962. The highest BCUT2D eigenvalue weighted by Crippen LogP contribution is 2.21. The van der Waals surface area contributed by atoms with Crippen LogP contribution in [0.3, 0.4) is 0 Å². The molecule has 0 amide bonds. The monoisotopic (exact) mass is 269 g/mol. The normalized spacial score (nSPS) is 24.3. The first-order valence-corrected chi connectivity index (χ1v) is 8.76. The van der Waals surface area contributed by atoms with E-state index in [1.807, 2.05) is 0 Å². The molecule has 0 bridgehead atoms. The first-order valence-electron chi connectivity index (χ1n) is 5.26. The number of thiol groups is 1. The molecule has 1 atom stereocenters. The minimum absolute atomic E-state index is 0.246. The summed E-state index contributed by atoms with van der Waals surface area (Å²) in [6.45, 7) is 3.47. The van der Waals surface area contributed by atoms with Crippen molar-refractivity contribution in [2.45, 2.75) is 18.7 Å². The standard InChI is InChI=1S/C9H19NO2S3/c1-2-15(11,12)9-8-14-7-5-10(9)4-3-6-13/h9,13H,2-8H2,1H3. The van der Waals surface area contributed by atoms with E-state index in [1.54, 1.807) is 18.7 Å². The summed E-state index contributed by atoms with van der Waals surface area (Å²) in [6, 6.07) is 0. The van der Waals surface area contributed by atoms with Gasteiger partial charge in [0.1, 0.15) is 5.37 Å². The largest absolute Gasteiger partial charge is 0.286 e. The Balaban J connectivity index is 2.65. The Kier molecular flexibility index (Phi) is 5.81. The van der Waals surface area contributed by atoms with Crippen molar-refractivity contribution in [2.75, 3.05) is 36.1 Å². The summed E-state index contributed by atoms with van der Waals surface area (Å²) < 4.78 is 23.7. The van der Waals surface area contributed by atoms with Gasteiger partial charge >= 0.3 is 0 Å². The lowest BCUT2D eigenvalue weighted by Crippen LogP contribution is -2.48. The second-order valence-electron chi connectivity index (χ2n) is 3.59. The fourth-order valence-corrected chi connectivity index (χ4v) is 4.92. The SMILES string of the molecule is CCS(=O)(=O)C1CSCCN1CCCS. The Morgan fingerprint density at radius 2 is 2.27 bits per heavy atom. The molecule has 3 nitrogen and oxygen atoms in total. The van der Waals surface area contributed by atoms with Crippen molar-refractivity contribution in [1.29, 1.82) is 0 Å². The molecule has 1 aliphatic heterocycles. The summed E-state index contributed by atoms with van der Waals surface area (Å²) in [4.78, 5) is 2.10. The molecule has 1 saturated heterocycles. The van der Waals surface area contributed by atoms with E-state index < -0.39 is 9.84 Å². The molecule has 0 aliphatic carbocycles. The Morgan fingerprint density at radius 1 is 1.53 bits per heavy atom. The molecule has 1 fully saturated rings. The van der Waals surface area contributed by atoms with Gasteiger partial charge in [0.15, 0.2) is 9.84 Å². The predicted molar refractivity (Wildman–Crippen MR) is 70.6 cm³/mol. The van der Waals surface area contributed by atoms with Crippen LogP contribution in [0.4, 0.5) is 0 Å². The molecule has 0 N–H and O–H groups in total. The molecule has 1 unspecified atom stereocenters. The van der Waals surface area contributed by atoms with Gasteiger partial charge in [0, 0.05) is 30.3 Å². The van der Waals surface area contributed by atoms with E-state index in [1.165, 1.54) is 0 Å². The van der Waals surface area contributed by atoms with Crippen molar-refractivity contribution in [3.05, 3.63) is 0 Å². The summed E-state index contributed by atoms with van der Waals surface area (Å²) in [5.41, 5.74) is 0. The zero-order valence-electron chi connectivity index (χ0n) is 9.05. The molecule has 0 aromatic heterocycles. The molecule has 0 spiro atoms. The lowest BCUT2D eigenvalue weighted by molar-refractivity contribution is 0.271. The van der Waals surface area contributed by atoms with Crippen LogP contribution < -0.4 is 0 Å². The molecule has 1 heterocycles. The molecule has 1 rings (SSSR count). The van der Waals surface area contributed by atoms with E-state index >= 15 is 0 Å². The van der Waals surface area contributed by atoms with Gasteiger partial charge < -0.3 is 0 Å². The Morgan fingerprint density at radius 3 is 2.87 bits per heavy atom. The average molecular weight is 269 g/mol. The summed E-state index contributed by atoms with van der Waals surface area (Å²) in [5, 5.41) is -0.263. The molecule has 0 aromatic carbocycles. The topological polar surface area (TPSA) is 37.4 Å². The van der Waals surface area contributed by atoms with Gasteiger partial charge in [-0.25, -0.2) is 8.42 Å². The van der Waals surface area contributed by atoms with Gasteiger partial charge in [-0.05, 0) is 12.2 Å². The number of hydrogen-bond donors (Lipinski definition) is 1. The Hall–Kier alpha value is 0.610. The summed E-state index contributed by atoms with van der Waals surface area (Å²) >= 11 is 5.91. The zero-order valence-corrected chi connectivity index (χ0v) is 11.6. The fraction of sp³-hybridized carbons (Fsp3) is 1.00. The first kappa shape index (κ1) is 13.7. The lowest BCUT2D eigenvalue weighted by Gasteiger charge is -2.34. The van der Waals surface area contributed by atoms with Crippen molar-refractivity contribution >= 4 is 34.2 Å². The summed E-state index contributed by atoms with van der Waals surface area (Å²) in [5.74, 6) is 2.84. The number of thioether (sulfide) groups is 1. The third-order valence-electron chi connectivity index (χ3n) is 2.61. The second-order valence-corrected chi connectivity index (χ2v) is 7.64. The molecule has 1 aliphatic rings. The highest BCUT2D eigenvalue weighted by Gasteiger charge is 2.31. The smallest absolute Gasteiger partial charge is 0.166 e. The van der Waals surface area contributed by atoms with Gasteiger partial charge in [-0.1, -0.05) is 6.92 Å². The van der Waals surface area contributed by atoms with Crippen LogP contribution in [0.2, 0.25) is 0 Å². The van der Waals surface area contributed by atoms with Crippen LogP contribution >= 0.6 is 24.4 Å². The fourth-order valence-electron chi connectivity index (χ4n) is 1.67. The van der Waals surface area contributed by atoms with E-state index in [4.69, 9.17) is 0 Å². The van der Waals surface area contributed by atoms with E-state index in [9.17, 15) is 8.42 Å². The maximum Gasteiger partial charge on any atom is 0.166 e. The van der Waals surface area contributed by atoms with Gasteiger partial charge in [-0.3, -0.25) is 4.90 Å². The molecule has 0 aromatic rings. The van der Waals surface area contributed by atoms with Crippen LogP contribution in [0.15, 0.2) is 0 Å². The first-order chi connectivity index (χ1) is 7.11. The number of nitrogens with zero attached hydrogens (tertiary/aromatic N) is 1. The summed E-state index contributed by atoms with van der Waals surface area (Å²) in [7, 11) is -2.92. The van der Waals surface area contributed by atoms with E-state index in [0.717, 1.165) is 36.8 Å². The highest BCUT2D eigenvalue weighted by molar-refractivity contribution is 8.01. The van der Waals surface area contributed by atoms with Crippen molar-refractivity contribution in [1.82, 2.24) is 4.90 Å². The molecule has 0 radical (unpaired) electrons. The molecule has 6 heteroatoms. The second kappa shape index (κ2) is 6.37. The van der Waals surface area contributed by atoms with E-state index in [-0.39, 0.29) is 11.1 Å². The van der Waals surface area contributed by atoms with Gasteiger partial charge in [0.2, 0.25) is 0 Å². The molecule has 90 valence electrons. The maximum atomic E-state index is 11.9. The Bertz CT molecular complexity index is 279. The number of hydrogen-bond acceptors (Lipinski definition) is 5. The van der Waals surface area contributed by atoms with Crippen LogP contribution in [-0.2, 0) is 9.84 Å². The predicted octanol–water partition coefficient (Wildman–Crippen LogP) is 1.12. The number of rotatable bonds is 5. The van der Waals surface area contributed by atoms with Crippen LogP contribution in [0.25, 0.3) is 0 Å². The van der Waals surface area contributed by atoms with Crippen LogP contribution in [0.1, 0.15) is 13.3 Å². The number of sulfone groups is 1. The van der Waals surface area contributed by atoms with Crippen molar-refractivity contribution in [3.8, 4) is 0 Å². The third kappa shape index (κ3) is 3.84. The van der Waals surface area contributed by atoms with Gasteiger partial charge in [-0.15, -0.1) is 0 Å². The maximum absolute atomic E-state index is 11.9. The van der Waals surface area contributed by atoms with Crippen molar-refractivity contribution in [2.24, 2.45) is 0 Å². The van der Waals surface area contributed by atoms with Gasteiger partial charge in [-0.2, -0.15) is 24.4 Å². The van der Waals surface area contributed by atoms with Crippen LogP contribution in [0, 0.1) is 0 Å². The molecular weight excluding hydrogens is 250 g/mol. The van der Waals surface area contributed by atoms with Crippen molar-refractivity contribution in [3.63, 3.8) is 0 Å². The molecule has 0 saturated carbocycles. The molecular formula is C9H19NO2S3. The van der Waals surface area contributed by atoms with Crippen molar-refractivity contribution < 1.29 is 8.42 Å². The Labute approximate surface area is 102 Å². The highest BCUT2D eigenvalue weighted by atomic mass is 32.2. The zero-order chi connectivity index (χ0) is 11.3. The van der Waals surface area contributed by atoms with Gasteiger partial charge in [0.05, 0.1) is 0 Å². The molecule has 15 heavy (non-hydrogen) atoms. The minimum Gasteiger partial charge on any atom is -0.286 e. The average Bonchev–Trinajstić information content (AvgIpc) is 2.26.